The van der Waals surface area contributed by atoms with Crippen molar-refractivity contribution in [1.82, 2.24) is 9.47 Å². The number of ether oxygens (including phenoxy) is 2. The maximum absolute atomic E-state index is 10.1. The summed E-state index contributed by atoms with van der Waals surface area (Å²) in [7, 11) is 3.31. The first-order valence-corrected chi connectivity index (χ1v) is 8.71. The Morgan fingerprint density at radius 1 is 1.12 bits per heavy atom. The van der Waals surface area contributed by atoms with Gasteiger partial charge >= 0.3 is 0 Å². The van der Waals surface area contributed by atoms with Crippen molar-refractivity contribution in [3.05, 3.63) is 59.4 Å². The van der Waals surface area contributed by atoms with E-state index in [-0.39, 0.29) is 0 Å². The molecule has 5 nitrogen and oxygen atoms in total. The van der Waals surface area contributed by atoms with Gasteiger partial charge < -0.3 is 19.1 Å². The van der Waals surface area contributed by atoms with Crippen LogP contribution in [0.4, 0.5) is 0 Å². The molecule has 0 aliphatic carbocycles. The predicted octanol–water partition coefficient (Wildman–Crippen LogP) is 2.30. The molecule has 0 aliphatic rings. The fourth-order valence-corrected chi connectivity index (χ4v) is 2.95. The smallest absolute Gasteiger partial charge is 0.0900 e. The summed E-state index contributed by atoms with van der Waals surface area (Å²) >= 11 is 0. The number of aliphatic hydroxyl groups excluding tert-OH is 1. The van der Waals surface area contributed by atoms with E-state index in [1.807, 2.05) is 0 Å². The van der Waals surface area contributed by atoms with Crippen LogP contribution >= 0.6 is 0 Å². The molecule has 25 heavy (non-hydrogen) atoms. The minimum absolute atomic E-state index is 0.341. The van der Waals surface area contributed by atoms with E-state index in [0.717, 1.165) is 19.6 Å². The molecular weight excluding hydrogens is 316 g/mol. The standard InChI is InChI=1S/C20H30N2O3/c1-17-7-4-5-8-18(17)13-22-10-6-9-19(22)14-21(11-12-24-2)15-20(23)16-25-3/h4-10,20,23H,11-16H2,1-3H3/t20-/m1/s1. The summed E-state index contributed by atoms with van der Waals surface area (Å²) in [5, 5.41) is 10.1. The Labute approximate surface area is 150 Å². The number of nitrogens with zero attached hydrogens (tertiary/aromatic N) is 2. The summed E-state index contributed by atoms with van der Waals surface area (Å²) < 4.78 is 12.5. The average Bonchev–Trinajstić information content (AvgIpc) is 3.02. The Morgan fingerprint density at radius 2 is 1.92 bits per heavy atom. The van der Waals surface area contributed by atoms with Crippen LogP contribution in [-0.2, 0) is 22.6 Å². The lowest BCUT2D eigenvalue weighted by Crippen LogP contribution is -2.37. The summed E-state index contributed by atoms with van der Waals surface area (Å²) in [4.78, 5) is 2.21. The Balaban J connectivity index is 2.06. The van der Waals surface area contributed by atoms with Crippen molar-refractivity contribution < 1.29 is 14.6 Å². The zero-order chi connectivity index (χ0) is 18.1. The van der Waals surface area contributed by atoms with Crippen LogP contribution in [0.1, 0.15) is 16.8 Å². The van der Waals surface area contributed by atoms with Gasteiger partial charge in [0.05, 0.1) is 19.3 Å². The predicted molar refractivity (Wildman–Crippen MR) is 99.7 cm³/mol. The van der Waals surface area contributed by atoms with E-state index in [4.69, 9.17) is 9.47 Å². The van der Waals surface area contributed by atoms with Crippen LogP contribution in [0.5, 0.6) is 0 Å². The molecule has 0 aliphatic heterocycles. The maximum Gasteiger partial charge on any atom is 0.0900 e. The quantitative estimate of drug-likeness (QED) is 0.678. The van der Waals surface area contributed by atoms with Gasteiger partial charge in [0.15, 0.2) is 0 Å². The van der Waals surface area contributed by atoms with Crippen LogP contribution < -0.4 is 0 Å². The number of aryl methyl sites for hydroxylation is 1. The normalized spacial score (nSPS) is 12.7. The average molecular weight is 346 g/mol. The summed E-state index contributed by atoms with van der Waals surface area (Å²) in [6, 6.07) is 12.7. The van der Waals surface area contributed by atoms with Crippen LogP contribution in [-0.4, -0.2) is 61.2 Å². The lowest BCUT2D eigenvalue weighted by Gasteiger charge is -2.25. The molecule has 0 spiro atoms. The van der Waals surface area contributed by atoms with Gasteiger partial charge in [-0.2, -0.15) is 0 Å². The van der Waals surface area contributed by atoms with Gasteiger partial charge in [0, 0.05) is 52.3 Å². The molecule has 0 unspecified atom stereocenters. The van der Waals surface area contributed by atoms with Crippen LogP contribution in [0, 0.1) is 6.92 Å². The van der Waals surface area contributed by atoms with Crippen molar-refractivity contribution in [1.29, 1.82) is 0 Å². The summed E-state index contributed by atoms with van der Waals surface area (Å²) in [5.74, 6) is 0. The molecule has 0 saturated carbocycles. The van der Waals surface area contributed by atoms with Gasteiger partial charge in [-0.05, 0) is 30.2 Å². The third kappa shape index (κ3) is 6.29. The van der Waals surface area contributed by atoms with Gasteiger partial charge in [-0.25, -0.2) is 0 Å². The van der Waals surface area contributed by atoms with E-state index >= 15 is 0 Å². The minimum atomic E-state index is -0.498. The van der Waals surface area contributed by atoms with E-state index in [1.54, 1.807) is 14.2 Å². The van der Waals surface area contributed by atoms with Crippen LogP contribution in [0.25, 0.3) is 0 Å². The molecule has 0 fully saturated rings. The Morgan fingerprint density at radius 3 is 2.64 bits per heavy atom. The Kier molecular flexibility index (Phi) is 8.15. The fraction of sp³-hybridized carbons (Fsp3) is 0.500. The summed E-state index contributed by atoms with van der Waals surface area (Å²) in [5.41, 5.74) is 3.85. The van der Waals surface area contributed by atoms with Crippen molar-refractivity contribution in [3.63, 3.8) is 0 Å². The molecule has 1 N–H and O–H groups in total. The highest BCUT2D eigenvalue weighted by Gasteiger charge is 2.14. The third-order valence-corrected chi connectivity index (χ3v) is 4.35. The lowest BCUT2D eigenvalue weighted by molar-refractivity contribution is 0.0288. The van der Waals surface area contributed by atoms with Crippen molar-refractivity contribution >= 4 is 0 Å². The Bertz CT molecular complexity index is 627. The van der Waals surface area contributed by atoms with Crippen molar-refractivity contribution in [2.24, 2.45) is 0 Å². The zero-order valence-electron chi connectivity index (χ0n) is 15.5. The number of aromatic nitrogens is 1. The highest BCUT2D eigenvalue weighted by molar-refractivity contribution is 5.26. The van der Waals surface area contributed by atoms with E-state index < -0.39 is 6.10 Å². The van der Waals surface area contributed by atoms with Crippen molar-refractivity contribution in [3.8, 4) is 0 Å². The second-order valence-corrected chi connectivity index (χ2v) is 6.39. The first kappa shape index (κ1) is 19.7. The van der Waals surface area contributed by atoms with E-state index in [2.05, 4.69) is 59.0 Å². The molecule has 0 amide bonds. The molecule has 0 bridgehead atoms. The second-order valence-electron chi connectivity index (χ2n) is 6.39. The topological polar surface area (TPSA) is 46.9 Å². The minimum Gasteiger partial charge on any atom is -0.389 e. The van der Waals surface area contributed by atoms with Crippen LogP contribution in [0.2, 0.25) is 0 Å². The molecule has 0 saturated heterocycles. The number of rotatable bonds is 11. The van der Waals surface area contributed by atoms with Crippen LogP contribution in [0.3, 0.4) is 0 Å². The van der Waals surface area contributed by atoms with Crippen molar-refractivity contribution in [2.45, 2.75) is 26.1 Å². The Hall–Kier alpha value is -1.66. The number of benzene rings is 1. The first-order chi connectivity index (χ1) is 12.1. The van der Waals surface area contributed by atoms with Gasteiger partial charge in [0.2, 0.25) is 0 Å². The highest BCUT2D eigenvalue weighted by atomic mass is 16.5. The van der Waals surface area contributed by atoms with E-state index in [9.17, 15) is 5.11 Å². The molecule has 2 rings (SSSR count). The van der Waals surface area contributed by atoms with E-state index in [1.165, 1.54) is 16.8 Å². The number of hydrogen-bond donors (Lipinski definition) is 1. The van der Waals surface area contributed by atoms with Gasteiger partial charge in [-0.15, -0.1) is 0 Å². The van der Waals surface area contributed by atoms with Gasteiger partial charge in [-0.3, -0.25) is 4.90 Å². The van der Waals surface area contributed by atoms with Gasteiger partial charge in [-0.1, -0.05) is 24.3 Å². The number of aliphatic hydroxyl groups is 1. The molecule has 138 valence electrons. The zero-order valence-corrected chi connectivity index (χ0v) is 15.5. The van der Waals surface area contributed by atoms with E-state index in [0.29, 0.717) is 19.8 Å². The highest BCUT2D eigenvalue weighted by Crippen LogP contribution is 2.14. The maximum atomic E-state index is 10.1. The SMILES string of the molecule is COCCN(Cc1cccn1Cc1ccccc1C)C[C@@H](O)COC. The second kappa shape index (κ2) is 10.4. The largest absolute Gasteiger partial charge is 0.389 e. The first-order valence-electron chi connectivity index (χ1n) is 8.71. The van der Waals surface area contributed by atoms with Gasteiger partial charge in [0.1, 0.15) is 0 Å². The molecular formula is C20H30N2O3. The summed E-state index contributed by atoms with van der Waals surface area (Å²) in [6.07, 6.45) is 1.61. The van der Waals surface area contributed by atoms with Crippen molar-refractivity contribution in [2.75, 3.05) is 40.5 Å². The van der Waals surface area contributed by atoms with Crippen LogP contribution in [0.15, 0.2) is 42.6 Å². The molecule has 1 heterocycles. The van der Waals surface area contributed by atoms with Gasteiger partial charge in [0.25, 0.3) is 0 Å². The fourth-order valence-electron chi connectivity index (χ4n) is 2.95. The molecule has 2 aromatic rings. The monoisotopic (exact) mass is 346 g/mol. The third-order valence-electron chi connectivity index (χ3n) is 4.35. The lowest BCUT2D eigenvalue weighted by atomic mass is 10.1. The number of hydrogen-bond acceptors (Lipinski definition) is 4. The summed E-state index contributed by atoms with van der Waals surface area (Å²) in [6.45, 7) is 6.08. The molecule has 5 heteroatoms. The molecule has 1 aromatic carbocycles. The number of methoxy groups -OCH3 is 2. The molecule has 1 aromatic heterocycles. The molecule has 0 radical (unpaired) electrons. The molecule has 1 atom stereocenters.